The van der Waals surface area contributed by atoms with Crippen molar-refractivity contribution in [2.75, 3.05) is 24.8 Å². The molecule has 1 aliphatic rings. The number of thioether (sulfide) groups is 1. The number of ether oxygens (including phenoxy) is 2. The number of esters is 1. The van der Waals surface area contributed by atoms with Crippen LogP contribution in [0, 0.1) is 5.41 Å². The summed E-state index contributed by atoms with van der Waals surface area (Å²) in [5.74, 6) is 1.19. The minimum absolute atomic E-state index is 0.0710. The van der Waals surface area contributed by atoms with Crippen molar-refractivity contribution in [3.8, 4) is 5.75 Å². The molecule has 0 aliphatic carbocycles. The third-order valence-electron chi connectivity index (χ3n) is 3.98. The molecule has 1 aromatic carbocycles. The minimum Gasteiger partial charge on any atom is -0.497 e. The summed E-state index contributed by atoms with van der Waals surface area (Å²) in [6.45, 7) is 10.8. The van der Waals surface area contributed by atoms with Crippen LogP contribution in [-0.4, -0.2) is 37.2 Å². The first-order valence-electron chi connectivity index (χ1n) is 9.22. The van der Waals surface area contributed by atoms with Gasteiger partial charge < -0.3 is 14.8 Å². The number of nitrogens with zero attached hydrogens (tertiary/aromatic N) is 1. The number of aliphatic imine (C=N–C) groups is 1. The maximum Gasteiger partial charge on any atom is 0.331 e. The average Bonchev–Trinajstić information content (AvgIpc) is 2.61. The normalized spacial score (nSPS) is 19.2. The second kappa shape index (κ2) is 9.31. The van der Waals surface area contributed by atoms with Gasteiger partial charge in [0.2, 0.25) is 0 Å². The highest BCUT2D eigenvalue weighted by Crippen LogP contribution is 2.34. The fourth-order valence-electron chi connectivity index (χ4n) is 2.79. The smallest absolute Gasteiger partial charge is 0.331 e. The number of methoxy groups -OCH3 is 1. The van der Waals surface area contributed by atoms with Gasteiger partial charge in [-0.1, -0.05) is 20.8 Å². The number of nitrogens with one attached hydrogen (secondary N) is 1. The van der Waals surface area contributed by atoms with Crippen LogP contribution < -0.4 is 10.1 Å². The number of carbonyl (C=O) groups excluding carboxylic acids is 1. The van der Waals surface area contributed by atoms with E-state index in [4.69, 9.17) is 14.5 Å². The Kier molecular flexibility index (Phi) is 7.36. The maximum atomic E-state index is 12.2. The molecule has 0 bridgehead atoms. The second-order valence-corrected chi connectivity index (χ2v) is 8.73. The first-order valence-corrected chi connectivity index (χ1v) is 10.2. The van der Waals surface area contributed by atoms with E-state index in [2.05, 4.69) is 33.0 Å². The average molecular weight is 391 g/mol. The van der Waals surface area contributed by atoms with E-state index in [1.807, 2.05) is 31.2 Å². The SMILES string of the molecule is CCOC(=O)C1CS/C(=C(/C)Nc2ccc(OC)cc2)C(CC(C)(C)C)=N1. The van der Waals surface area contributed by atoms with Crippen LogP contribution in [0.3, 0.4) is 0 Å². The first kappa shape index (κ1) is 21.4. The number of benzene rings is 1. The Bertz CT molecular complexity index is 718. The number of allylic oxidation sites excluding steroid dienone is 2. The molecular formula is C21H30N2O3S. The summed E-state index contributed by atoms with van der Waals surface area (Å²) < 4.78 is 10.4. The Morgan fingerprint density at radius 2 is 1.96 bits per heavy atom. The van der Waals surface area contributed by atoms with Crippen LogP contribution in [0.4, 0.5) is 5.69 Å². The Morgan fingerprint density at radius 3 is 2.52 bits per heavy atom. The zero-order valence-electron chi connectivity index (χ0n) is 17.1. The summed E-state index contributed by atoms with van der Waals surface area (Å²) in [5, 5.41) is 3.45. The fourth-order valence-corrected chi connectivity index (χ4v) is 3.88. The van der Waals surface area contributed by atoms with Crippen LogP contribution in [-0.2, 0) is 9.53 Å². The molecule has 1 heterocycles. The molecule has 1 aromatic rings. The molecule has 0 radical (unpaired) electrons. The van der Waals surface area contributed by atoms with Gasteiger partial charge in [0.15, 0.2) is 6.04 Å². The lowest BCUT2D eigenvalue weighted by atomic mass is 9.89. The van der Waals surface area contributed by atoms with Gasteiger partial charge in [-0.3, -0.25) is 4.99 Å². The van der Waals surface area contributed by atoms with Crippen molar-refractivity contribution >= 4 is 29.1 Å². The third kappa shape index (κ3) is 6.31. The predicted octanol–water partition coefficient (Wildman–Crippen LogP) is 4.89. The zero-order chi connectivity index (χ0) is 20.0. The van der Waals surface area contributed by atoms with Crippen LogP contribution in [0.5, 0.6) is 5.75 Å². The lowest BCUT2D eigenvalue weighted by Gasteiger charge is -2.27. The molecule has 148 valence electrons. The molecular weight excluding hydrogens is 360 g/mol. The molecule has 1 unspecified atom stereocenters. The molecule has 0 saturated carbocycles. The molecule has 0 amide bonds. The monoisotopic (exact) mass is 390 g/mol. The Labute approximate surface area is 166 Å². The molecule has 0 saturated heterocycles. The Morgan fingerprint density at radius 1 is 1.30 bits per heavy atom. The standard InChI is InChI=1S/C21H30N2O3S/c1-7-26-20(24)18-13-27-19(17(23-18)12-21(3,4)5)14(2)22-15-8-10-16(25-6)11-9-15/h8-11,18,22H,7,12-13H2,1-6H3/b19-14-. The largest absolute Gasteiger partial charge is 0.497 e. The highest BCUT2D eigenvalue weighted by Gasteiger charge is 2.29. The van der Waals surface area contributed by atoms with Gasteiger partial charge in [0.1, 0.15) is 5.75 Å². The number of carbonyl (C=O) groups is 1. The molecule has 1 N–H and O–H groups in total. The fraction of sp³-hybridized carbons (Fsp3) is 0.524. The van der Waals surface area contributed by atoms with Crippen molar-refractivity contribution in [2.45, 2.75) is 47.1 Å². The maximum absolute atomic E-state index is 12.2. The van der Waals surface area contributed by atoms with Gasteiger partial charge in [0.25, 0.3) is 0 Å². The highest BCUT2D eigenvalue weighted by molar-refractivity contribution is 8.04. The van der Waals surface area contributed by atoms with Crippen LogP contribution in [0.2, 0.25) is 0 Å². The van der Waals surface area contributed by atoms with Crippen molar-refractivity contribution in [3.63, 3.8) is 0 Å². The minimum atomic E-state index is -0.426. The van der Waals surface area contributed by atoms with Gasteiger partial charge in [-0.25, -0.2) is 4.79 Å². The van der Waals surface area contributed by atoms with Crippen molar-refractivity contribution in [1.29, 1.82) is 0 Å². The van der Waals surface area contributed by atoms with E-state index in [1.54, 1.807) is 18.9 Å². The Balaban J connectivity index is 2.28. The van der Waals surface area contributed by atoms with Gasteiger partial charge in [-0.15, -0.1) is 11.8 Å². The second-order valence-electron chi connectivity index (χ2n) is 7.70. The summed E-state index contributed by atoms with van der Waals surface area (Å²) in [5.41, 5.74) is 3.07. The molecule has 0 fully saturated rings. The van der Waals surface area contributed by atoms with E-state index in [0.717, 1.165) is 34.2 Å². The summed E-state index contributed by atoms with van der Waals surface area (Å²) in [6.07, 6.45) is 0.798. The summed E-state index contributed by atoms with van der Waals surface area (Å²) in [4.78, 5) is 18.0. The van der Waals surface area contributed by atoms with Gasteiger partial charge in [0, 0.05) is 22.0 Å². The molecule has 27 heavy (non-hydrogen) atoms. The van der Waals surface area contributed by atoms with Gasteiger partial charge in [-0.05, 0) is 49.9 Å². The third-order valence-corrected chi connectivity index (χ3v) is 5.29. The molecule has 0 spiro atoms. The van der Waals surface area contributed by atoms with Crippen molar-refractivity contribution in [2.24, 2.45) is 10.4 Å². The van der Waals surface area contributed by atoms with E-state index in [1.165, 1.54) is 0 Å². The van der Waals surface area contributed by atoms with Gasteiger partial charge >= 0.3 is 5.97 Å². The van der Waals surface area contributed by atoms with Crippen LogP contribution in [0.1, 0.15) is 41.0 Å². The molecule has 6 heteroatoms. The lowest BCUT2D eigenvalue weighted by molar-refractivity contribution is -0.143. The predicted molar refractivity (Wildman–Crippen MR) is 114 cm³/mol. The summed E-state index contributed by atoms with van der Waals surface area (Å²) in [6, 6.07) is 7.39. The molecule has 2 rings (SSSR count). The number of anilines is 1. The van der Waals surface area contributed by atoms with Crippen molar-refractivity contribution in [1.82, 2.24) is 0 Å². The molecule has 5 nitrogen and oxygen atoms in total. The zero-order valence-corrected chi connectivity index (χ0v) is 17.9. The van der Waals surface area contributed by atoms with Crippen molar-refractivity contribution in [3.05, 3.63) is 34.9 Å². The number of hydrogen-bond donors (Lipinski definition) is 1. The van der Waals surface area contributed by atoms with Gasteiger partial charge in [0.05, 0.1) is 19.4 Å². The first-order chi connectivity index (χ1) is 12.7. The summed E-state index contributed by atoms with van der Waals surface area (Å²) in [7, 11) is 1.66. The van der Waals surface area contributed by atoms with Crippen LogP contribution in [0.25, 0.3) is 0 Å². The Hall–Kier alpha value is -1.95. The molecule has 1 atom stereocenters. The lowest BCUT2D eigenvalue weighted by Crippen LogP contribution is -2.31. The quantitative estimate of drug-likeness (QED) is 0.701. The van der Waals surface area contributed by atoms with Crippen LogP contribution >= 0.6 is 11.8 Å². The van der Waals surface area contributed by atoms with E-state index < -0.39 is 6.04 Å². The van der Waals surface area contributed by atoms with Crippen LogP contribution in [0.15, 0.2) is 39.9 Å². The number of hydrogen-bond acceptors (Lipinski definition) is 6. The van der Waals surface area contributed by atoms with E-state index in [9.17, 15) is 4.79 Å². The van der Waals surface area contributed by atoms with E-state index >= 15 is 0 Å². The highest BCUT2D eigenvalue weighted by atomic mass is 32.2. The molecule has 0 aromatic heterocycles. The van der Waals surface area contributed by atoms with E-state index in [0.29, 0.717) is 12.4 Å². The van der Waals surface area contributed by atoms with Crippen molar-refractivity contribution < 1.29 is 14.3 Å². The number of rotatable bonds is 6. The summed E-state index contributed by atoms with van der Waals surface area (Å²) >= 11 is 1.67. The van der Waals surface area contributed by atoms with E-state index in [-0.39, 0.29) is 11.4 Å². The molecule has 1 aliphatic heterocycles. The topological polar surface area (TPSA) is 59.9 Å². The van der Waals surface area contributed by atoms with Gasteiger partial charge in [-0.2, -0.15) is 0 Å².